The minimum absolute atomic E-state index is 0.0424. The Balaban J connectivity index is 1.09. The predicted octanol–water partition coefficient (Wildman–Crippen LogP) is -1.08. The molecule has 0 radical (unpaired) electrons. The number of carbonyl (C=O) groups is 6. The fourth-order valence-electron chi connectivity index (χ4n) is 7.62. The molecule has 1 saturated heterocycles. The monoisotopic (exact) mass is 1390 g/mol. The van der Waals surface area contributed by atoms with Gasteiger partial charge in [0.25, 0.3) is 11.8 Å². The number of nitrogens with zero attached hydrogens (tertiary/aromatic N) is 2. The Hall–Kier alpha value is -3.80. The summed E-state index contributed by atoms with van der Waals surface area (Å²) in [5.74, 6) is -1.87. The van der Waals surface area contributed by atoms with Gasteiger partial charge < -0.3 is 119 Å². The molecule has 2 aliphatic rings. The van der Waals surface area contributed by atoms with Gasteiger partial charge in [-0.1, -0.05) is 0 Å². The number of imide groups is 2. The molecule has 0 atom stereocenters. The summed E-state index contributed by atoms with van der Waals surface area (Å²) in [4.78, 5) is 72.0. The number of ether oxygens (including phenoxy) is 24. The molecule has 0 spiro atoms. The molecule has 2 rings (SSSR count). The number of likely N-dealkylation sites (tertiary alicyclic amines) is 1. The van der Waals surface area contributed by atoms with Crippen molar-refractivity contribution in [2.75, 3.05) is 337 Å². The third-order valence-corrected chi connectivity index (χ3v) is 12.6. The first-order chi connectivity index (χ1) is 47.4. The zero-order valence-electron chi connectivity index (χ0n) is 56.7. The molecule has 33 heteroatoms. The van der Waals surface area contributed by atoms with Crippen molar-refractivity contribution in [2.24, 2.45) is 0 Å². The average Bonchev–Trinajstić information content (AvgIpc) is 1.99. The highest BCUT2D eigenvalue weighted by molar-refractivity contribution is 6.13. The number of amides is 5. The second-order valence-electron chi connectivity index (χ2n) is 20.1. The maximum Gasteiger partial charge on any atom is 0.253 e. The number of rotatable bonds is 80. The van der Waals surface area contributed by atoms with Crippen LogP contribution in [0, 0.1) is 0 Å². The van der Waals surface area contributed by atoms with E-state index in [9.17, 15) is 28.8 Å². The number of hydrogen-bond acceptors (Lipinski definition) is 30. The highest BCUT2D eigenvalue weighted by atomic mass is 16.6. The van der Waals surface area contributed by atoms with E-state index in [4.69, 9.17) is 114 Å². The van der Waals surface area contributed by atoms with Crippen LogP contribution >= 0.6 is 0 Å². The van der Waals surface area contributed by atoms with Crippen molar-refractivity contribution in [3.8, 4) is 0 Å². The van der Waals surface area contributed by atoms with Crippen molar-refractivity contribution >= 4 is 35.3 Å². The Kier molecular flexibility index (Phi) is 65.3. The summed E-state index contributed by atoms with van der Waals surface area (Å²) >= 11 is 0. The lowest BCUT2D eigenvalue weighted by Crippen LogP contribution is -2.35. The van der Waals surface area contributed by atoms with E-state index in [1.807, 2.05) is 0 Å². The minimum Gasteiger partial charge on any atom is -0.379 e. The highest BCUT2D eigenvalue weighted by Crippen LogP contribution is 2.11. The number of Topliss-reactive ketones (excluding diaryl/α,β-unsaturated/α-hetero) is 1. The zero-order valence-corrected chi connectivity index (χ0v) is 56.7. The largest absolute Gasteiger partial charge is 0.379 e. The van der Waals surface area contributed by atoms with Crippen LogP contribution in [-0.4, -0.2) is 382 Å². The predicted molar refractivity (Wildman–Crippen MR) is 339 cm³/mol. The summed E-state index contributed by atoms with van der Waals surface area (Å²) in [5.41, 5.74) is 0. The van der Waals surface area contributed by atoms with Crippen LogP contribution in [0.2, 0.25) is 0 Å². The van der Waals surface area contributed by atoms with E-state index in [0.29, 0.717) is 317 Å². The smallest absolute Gasteiger partial charge is 0.253 e. The van der Waals surface area contributed by atoms with Crippen molar-refractivity contribution in [2.45, 2.75) is 25.7 Å². The molecular weight excluding hydrogens is 1280 g/mol. The second-order valence-corrected chi connectivity index (χ2v) is 20.1. The van der Waals surface area contributed by atoms with Crippen LogP contribution in [-0.2, 0) is 142 Å². The van der Waals surface area contributed by atoms with Gasteiger partial charge in [0.05, 0.1) is 324 Å². The summed E-state index contributed by atoms with van der Waals surface area (Å²) in [5, 5.41) is 2.68. The van der Waals surface area contributed by atoms with Crippen LogP contribution in [0.15, 0.2) is 12.2 Å². The van der Waals surface area contributed by atoms with Crippen LogP contribution < -0.4 is 5.32 Å². The van der Waals surface area contributed by atoms with Crippen molar-refractivity contribution < 1.29 is 142 Å². The van der Waals surface area contributed by atoms with Gasteiger partial charge in [0.2, 0.25) is 17.7 Å². The maximum atomic E-state index is 11.9. The van der Waals surface area contributed by atoms with Gasteiger partial charge >= 0.3 is 0 Å². The second kappa shape index (κ2) is 71.0. The van der Waals surface area contributed by atoms with Crippen molar-refractivity contribution in [3.05, 3.63) is 12.2 Å². The van der Waals surface area contributed by atoms with E-state index in [1.54, 1.807) is 0 Å². The molecule has 0 aromatic heterocycles. The van der Waals surface area contributed by atoms with Crippen molar-refractivity contribution in [3.63, 3.8) is 0 Å². The summed E-state index contributed by atoms with van der Waals surface area (Å²) in [6.07, 6.45) is 2.91. The molecule has 0 bridgehead atoms. The molecule has 0 aliphatic carbocycles. The van der Waals surface area contributed by atoms with E-state index in [1.165, 1.54) is 12.2 Å². The molecule has 560 valence electrons. The fraction of sp³-hybridized carbons (Fsp3) is 0.873. The molecule has 0 saturated carbocycles. The van der Waals surface area contributed by atoms with E-state index in [2.05, 4.69) is 5.32 Å². The van der Waals surface area contributed by atoms with Gasteiger partial charge in [-0.05, 0) is 0 Å². The van der Waals surface area contributed by atoms with Crippen molar-refractivity contribution in [1.82, 2.24) is 15.1 Å². The molecule has 2 heterocycles. The Morgan fingerprint density at radius 3 is 0.656 bits per heavy atom. The van der Waals surface area contributed by atoms with E-state index >= 15 is 0 Å². The SMILES string of the molecule is O=C(CCOCCOCCOCCOCCOCCOCCOCCOCCOCCOCCOCCOCCOCCOCCOCCOCCOCCOCCOCCOCCOCCOCCOCCOCCNC(=O)CCN1C(=O)C=CC1=O)CN1C(=O)CCC1=O. The summed E-state index contributed by atoms with van der Waals surface area (Å²) in [6, 6.07) is 0. The van der Waals surface area contributed by atoms with Crippen LogP contribution in [0.5, 0.6) is 0 Å². The van der Waals surface area contributed by atoms with E-state index in [-0.39, 0.29) is 68.9 Å². The minimum atomic E-state index is -0.404. The standard InChI is InChI=1S/C63H113N3O30/c67-58(57-66-62(71)3-4-63(66)72)6-9-73-11-13-75-15-17-77-19-21-79-23-25-81-27-29-83-31-33-85-35-37-87-39-41-89-43-45-91-47-49-93-51-53-95-55-56-96-54-52-94-50-48-92-46-44-90-42-40-88-38-36-86-34-32-84-30-28-82-26-24-80-22-20-78-18-16-76-14-12-74-10-7-64-59(68)5-8-65-60(69)1-2-61(65)70/h1-2H,3-57H2,(H,64,68). The molecule has 5 amide bonds. The molecular formula is C63H113N3O30. The first-order valence-electron chi connectivity index (χ1n) is 33.4. The van der Waals surface area contributed by atoms with E-state index in [0.717, 1.165) is 9.80 Å². The molecule has 33 nitrogen and oxygen atoms in total. The number of hydrogen-bond donors (Lipinski definition) is 1. The Morgan fingerprint density at radius 1 is 0.260 bits per heavy atom. The van der Waals surface area contributed by atoms with Gasteiger partial charge in [-0.3, -0.25) is 38.6 Å². The summed E-state index contributed by atoms with van der Waals surface area (Å²) in [6.45, 7) is 21.4. The lowest BCUT2D eigenvalue weighted by atomic mass is 10.3. The summed E-state index contributed by atoms with van der Waals surface area (Å²) < 4.78 is 132. The van der Waals surface area contributed by atoms with E-state index < -0.39 is 11.8 Å². The topological polar surface area (TPSA) is 342 Å². The molecule has 0 aromatic carbocycles. The first-order valence-corrected chi connectivity index (χ1v) is 33.4. The molecule has 2 aliphatic heterocycles. The van der Waals surface area contributed by atoms with Crippen LogP contribution in [0.1, 0.15) is 25.7 Å². The Bertz CT molecular complexity index is 1820. The third-order valence-electron chi connectivity index (χ3n) is 12.6. The van der Waals surface area contributed by atoms with Crippen LogP contribution in [0.3, 0.4) is 0 Å². The van der Waals surface area contributed by atoms with Crippen LogP contribution in [0.4, 0.5) is 0 Å². The fourth-order valence-corrected chi connectivity index (χ4v) is 7.62. The Morgan fingerprint density at radius 2 is 0.448 bits per heavy atom. The van der Waals surface area contributed by atoms with Crippen molar-refractivity contribution in [1.29, 1.82) is 0 Å². The third kappa shape index (κ3) is 60.2. The normalized spacial score (nSPS) is 13.3. The lowest BCUT2D eigenvalue weighted by molar-refractivity contribution is -0.142. The van der Waals surface area contributed by atoms with Gasteiger partial charge in [-0.2, -0.15) is 0 Å². The maximum absolute atomic E-state index is 11.9. The van der Waals surface area contributed by atoms with Gasteiger partial charge in [0.1, 0.15) is 0 Å². The first kappa shape index (κ1) is 88.3. The van der Waals surface area contributed by atoms with Gasteiger partial charge in [-0.25, -0.2) is 0 Å². The summed E-state index contributed by atoms with van der Waals surface area (Å²) in [7, 11) is 0. The van der Waals surface area contributed by atoms with Gasteiger partial charge in [0, 0.05) is 50.9 Å². The molecule has 0 aromatic rings. The number of ketones is 1. The highest BCUT2D eigenvalue weighted by Gasteiger charge is 2.30. The molecule has 0 unspecified atom stereocenters. The molecule has 96 heavy (non-hydrogen) atoms. The number of carbonyl (C=O) groups excluding carboxylic acids is 6. The molecule has 1 N–H and O–H groups in total. The number of nitrogens with one attached hydrogen (secondary N) is 1. The quantitative estimate of drug-likeness (QED) is 0.0559. The van der Waals surface area contributed by atoms with Gasteiger partial charge in [-0.15, -0.1) is 0 Å². The Labute approximate surface area is 565 Å². The van der Waals surface area contributed by atoms with Gasteiger partial charge in [0.15, 0.2) is 5.78 Å². The molecule has 1 fully saturated rings. The zero-order chi connectivity index (χ0) is 68.6. The lowest BCUT2D eigenvalue weighted by Gasteiger charge is -2.13. The van der Waals surface area contributed by atoms with Crippen LogP contribution in [0.25, 0.3) is 0 Å². The average molecular weight is 1390 g/mol.